The zero-order valence-electron chi connectivity index (χ0n) is 15.4. The molecule has 148 valence electrons. The van der Waals surface area contributed by atoms with Crippen molar-refractivity contribution in [1.82, 2.24) is 0 Å². The number of alkyl halides is 3. The Hall–Kier alpha value is -0.330. The van der Waals surface area contributed by atoms with Gasteiger partial charge in [-0.1, -0.05) is 19.8 Å². The van der Waals surface area contributed by atoms with Crippen molar-refractivity contribution in [2.24, 2.45) is 11.8 Å². The molecule has 0 spiro atoms. The van der Waals surface area contributed by atoms with Crippen LogP contribution in [0.3, 0.4) is 0 Å². The zero-order valence-corrected chi connectivity index (χ0v) is 15.4. The summed E-state index contributed by atoms with van der Waals surface area (Å²) in [6.07, 6.45) is 3.86. The van der Waals surface area contributed by atoms with Gasteiger partial charge in [-0.3, -0.25) is 0 Å². The molecule has 0 N–H and O–H groups in total. The molecule has 0 amide bonds. The molecule has 2 aliphatic rings. The van der Waals surface area contributed by atoms with Gasteiger partial charge < -0.3 is 14.2 Å². The van der Waals surface area contributed by atoms with E-state index in [1.54, 1.807) is 0 Å². The molecular weight excluding hydrogens is 333 g/mol. The molecule has 1 aliphatic heterocycles. The van der Waals surface area contributed by atoms with Gasteiger partial charge in [0.15, 0.2) is 6.29 Å². The monoisotopic (exact) mass is 366 g/mol. The van der Waals surface area contributed by atoms with Crippen molar-refractivity contribution in [1.29, 1.82) is 0 Å². The second-order valence-corrected chi connectivity index (χ2v) is 7.52. The molecule has 0 aromatic rings. The minimum Gasteiger partial charge on any atom is -0.378 e. The highest BCUT2D eigenvalue weighted by Crippen LogP contribution is 2.33. The maximum Gasteiger partial charge on any atom is 0.389 e. The Balaban J connectivity index is 1.56. The van der Waals surface area contributed by atoms with E-state index in [9.17, 15) is 13.2 Å². The Morgan fingerprint density at radius 3 is 2.24 bits per heavy atom. The largest absolute Gasteiger partial charge is 0.389 e. The minimum atomic E-state index is -4.06. The Labute approximate surface area is 149 Å². The first-order valence-corrected chi connectivity index (χ1v) is 9.89. The summed E-state index contributed by atoms with van der Waals surface area (Å²) in [4.78, 5) is 0. The van der Waals surface area contributed by atoms with Crippen LogP contribution in [0.5, 0.6) is 0 Å². The lowest BCUT2D eigenvalue weighted by Crippen LogP contribution is -2.39. The molecule has 1 heterocycles. The fourth-order valence-electron chi connectivity index (χ4n) is 3.72. The van der Waals surface area contributed by atoms with E-state index >= 15 is 0 Å². The van der Waals surface area contributed by atoms with E-state index in [0.717, 1.165) is 38.7 Å². The molecule has 0 radical (unpaired) electrons. The van der Waals surface area contributed by atoms with E-state index in [4.69, 9.17) is 14.2 Å². The van der Waals surface area contributed by atoms with Gasteiger partial charge in [0.25, 0.3) is 0 Å². The smallest absolute Gasteiger partial charge is 0.378 e. The van der Waals surface area contributed by atoms with Gasteiger partial charge in [0.05, 0.1) is 19.3 Å². The molecule has 1 saturated carbocycles. The summed E-state index contributed by atoms with van der Waals surface area (Å²) in [5, 5.41) is 0. The fraction of sp³-hybridized carbons (Fsp3) is 1.00. The maximum absolute atomic E-state index is 12.2. The predicted molar refractivity (Wildman–Crippen MR) is 90.3 cm³/mol. The van der Waals surface area contributed by atoms with Crippen molar-refractivity contribution in [3.63, 3.8) is 0 Å². The molecular formula is C19H33F3O3. The lowest BCUT2D eigenvalue weighted by atomic mass is 9.86. The maximum atomic E-state index is 12.2. The molecule has 0 aromatic carbocycles. The number of hydrogen-bond donors (Lipinski definition) is 0. The van der Waals surface area contributed by atoms with Gasteiger partial charge in [-0.25, -0.2) is 0 Å². The van der Waals surface area contributed by atoms with Crippen molar-refractivity contribution in [3.05, 3.63) is 0 Å². The van der Waals surface area contributed by atoms with E-state index in [0.29, 0.717) is 31.7 Å². The molecule has 0 bridgehead atoms. The van der Waals surface area contributed by atoms with Crippen molar-refractivity contribution in [2.45, 2.75) is 89.7 Å². The molecule has 0 aromatic heterocycles. The van der Waals surface area contributed by atoms with Crippen LogP contribution in [0.4, 0.5) is 13.2 Å². The molecule has 0 unspecified atom stereocenters. The van der Waals surface area contributed by atoms with Crippen LogP contribution in [0.2, 0.25) is 0 Å². The second kappa shape index (κ2) is 10.7. The standard InChI is InChI=1S/C19H33F3O3/c1-2-3-4-12-23-17-9-7-16(8-10-17)18-24-13-15(14-25-18)6-5-11-19(20,21)22/h15-18H,2-14H2,1H3. The van der Waals surface area contributed by atoms with Crippen molar-refractivity contribution >= 4 is 0 Å². The minimum absolute atomic E-state index is 0.0943. The van der Waals surface area contributed by atoms with E-state index < -0.39 is 12.6 Å². The summed E-state index contributed by atoms with van der Waals surface area (Å²) in [6, 6.07) is 0. The molecule has 0 atom stereocenters. The molecule has 1 saturated heterocycles. The van der Waals surface area contributed by atoms with E-state index in [2.05, 4.69) is 6.92 Å². The summed E-state index contributed by atoms with van der Waals surface area (Å²) < 4.78 is 54.1. The van der Waals surface area contributed by atoms with E-state index in [-0.39, 0.29) is 18.6 Å². The van der Waals surface area contributed by atoms with E-state index in [1.807, 2.05) is 0 Å². The van der Waals surface area contributed by atoms with Gasteiger partial charge in [0.2, 0.25) is 0 Å². The second-order valence-electron chi connectivity index (χ2n) is 7.52. The van der Waals surface area contributed by atoms with Gasteiger partial charge in [0, 0.05) is 24.9 Å². The van der Waals surface area contributed by atoms with Crippen LogP contribution in [-0.2, 0) is 14.2 Å². The Morgan fingerprint density at radius 1 is 0.960 bits per heavy atom. The average Bonchev–Trinajstić information content (AvgIpc) is 2.59. The summed E-state index contributed by atoms with van der Waals surface area (Å²) in [6.45, 7) is 4.10. The van der Waals surface area contributed by atoms with E-state index in [1.165, 1.54) is 12.8 Å². The summed E-state index contributed by atoms with van der Waals surface area (Å²) >= 11 is 0. The normalized spacial score (nSPS) is 31.2. The first-order valence-electron chi connectivity index (χ1n) is 9.89. The quantitative estimate of drug-likeness (QED) is 0.506. The highest BCUT2D eigenvalue weighted by atomic mass is 19.4. The number of ether oxygens (including phenoxy) is 3. The van der Waals surface area contributed by atoms with Crippen molar-refractivity contribution in [2.75, 3.05) is 19.8 Å². The van der Waals surface area contributed by atoms with Crippen molar-refractivity contribution in [3.8, 4) is 0 Å². The highest BCUT2D eigenvalue weighted by Gasteiger charge is 2.33. The van der Waals surface area contributed by atoms with Crippen LogP contribution >= 0.6 is 0 Å². The third-order valence-electron chi connectivity index (χ3n) is 5.27. The molecule has 1 aliphatic carbocycles. The number of hydrogen-bond acceptors (Lipinski definition) is 3. The molecule has 2 fully saturated rings. The summed E-state index contributed by atoms with van der Waals surface area (Å²) in [7, 11) is 0. The van der Waals surface area contributed by atoms with Crippen LogP contribution in [-0.4, -0.2) is 38.4 Å². The lowest BCUT2D eigenvalue weighted by Gasteiger charge is -2.37. The molecule has 25 heavy (non-hydrogen) atoms. The first kappa shape index (κ1) is 21.0. The average molecular weight is 366 g/mol. The lowest BCUT2D eigenvalue weighted by molar-refractivity contribution is -0.232. The SMILES string of the molecule is CCCCCOC1CCC(C2OCC(CCCC(F)(F)F)CO2)CC1. The Bertz CT molecular complexity index is 346. The first-order chi connectivity index (χ1) is 12.0. The van der Waals surface area contributed by atoms with Crippen LogP contribution in [0.25, 0.3) is 0 Å². The van der Waals surface area contributed by atoms with Gasteiger partial charge in [-0.05, 0) is 44.9 Å². The third kappa shape index (κ3) is 8.27. The summed E-state index contributed by atoms with van der Waals surface area (Å²) in [5.74, 6) is 0.489. The number of halogens is 3. The van der Waals surface area contributed by atoms with Gasteiger partial charge >= 0.3 is 6.18 Å². The zero-order chi connectivity index (χ0) is 18.1. The number of rotatable bonds is 9. The fourth-order valence-corrected chi connectivity index (χ4v) is 3.72. The van der Waals surface area contributed by atoms with Crippen molar-refractivity contribution < 1.29 is 27.4 Å². The van der Waals surface area contributed by atoms with Crippen LogP contribution in [0, 0.1) is 11.8 Å². The summed E-state index contributed by atoms with van der Waals surface area (Å²) in [5.41, 5.74) is 0. The topological polar surface area (TPSA) is 27.7 Å². The third-order valence-corrected chi connectivity index (χ3v) is 5.27. The van der Waals surface area contributed by atoms with Gasteiger partial charge in [-0.2, -0.15) is 13.2 Å². The van der Waals surface area contributed by atoms with Crippen LogP contribution < -0.4 is 0 Å². The highest BCUT2D eigenvalue weighted by molar-refractivity contribution is 4.77. The Kier molecular flexibility index (Phi) is 9.00. The molecule has 6 heteroatoms. The predicted octanol–water partition coefficient (Wildman–Crippen LogP) is 5.47. The van der Waals surface area contributed by atoms with Gasteiger partial charge in [-0.15, -0.1) is 0 Å². The van der Waals surface area contributed by atoms with Crippen LogP contribution in [0.1, 0.15) is 71.1 Å². The molecule has 3 nitrogen and oxygen atoms in total. The van der Waals surface area contributed by atoms with Gasteiger partial charge in [0.1, 0.15) is 0 Å². The Morgan fingerprint density at radius 2 is 1.64 bits per heavy atom. The molecule has 2 rings (SSSR count). The number of unbranched alkanes of at least 4 members (excludes halogenated alkanes) is 2. The van der Waals surface area contributed by atoms with Crippen LogP contribution in [0.15, 0.2) is 0 Å².